The van der Waals surface area contributed by atoms with Gasteiger partial charge in [-0.2, -0.15) is 0 Å². The first-order chi connectivity index (χ1) is 9.47. The van der Waals surface area contributed by atoms with Gasteiger partial charge in [-0.05, 0) is 32.8 Å². The second-order valence-corrected chi connectivity index (χ2v) is 4.86. The zero-order valence-electron chi connectivity index (χ0n) is 12.2. The molecule has 1 N–H and O–H groups in total. The summed E-state index contributed by atoms with van der Waals surface area (Å²) in [6.45, 7) is 5.57. The molecule has 0 aliphatic carbocycles. The van der Waals surface area contributed by atoms with Gasteiger partial charge in [-0.25, -0.2) is 0 Å². The zero-order chi connectivity index (χ0) is 15.3. The van der Waals surface area contributed by atoms with Crippen LogP contribution in [0.15, 0.2) is 23.8 Å². The van der Waals surface area contributed by atoms with Crippen molar-refractivity contribution in [2.24, 2.45) is 0 Å². The van der Waals surface area contributed by atoms with Gasteiger partial charge in [0.25, 0.3) is 0 Å². The fourth-order valence-electron chi connectivity index (χ4n) is 2.01. The average molecular weight is 295 g/mol. The standard InChI is InChI=1S/C16H19ClO3/c1-5-6-10(2)7-8-12-15(19)13(9-18)11(3)14(17)16(12)20-4/h5-7,9,19H,8H2,1-4H3/b6-5+,10-7+. The maximum absolute atomic E-state index is 11.1. The van der Waals surface area contributed by atoms with E-state index in [9.17, 15) is 9.90 Å². The summed E-state index contributed by atoms with van der Waals surface area (Å²) in [5.41, 5.74) is 2.31. The molecule has 0 aliphatic heterocycles. The molecule has 4 heteroatoms. The predicted octanol–water partition coefficient (Wildman–Crippen LogP) is 4.24. The van der Waals surface area contributed by atoms with Gasteiger partial charge in [0.05, 0.1) is 17.7 Å². The molecule has 0 aliphatic rings. The molecule has 1 aromatic rings. The second kappa shape index (κ2) is 7.15. The van der Waals surface area contributed by atoms with Crippen molar-refractivity contribution in [3.05, 3.63) is 45.5 Å². The maximum Gasteiger partial charge on any atom is 0.154 e. The number of methoxy groups -OCH3 is 1. The van der Waals surface area contributed by atoms with Gasteiger partial charge in [-0.15, -0.1) is 0 Å². The number of halogens is 1. The van der Waals surface area contributed by atoms with Crippen LogP contribution in [0.1, 0.15) is 35.3 Å². The van der Waals surface area contributed by atoms with Crippen LogP contribution in [0, 0.1) is 6.92 Å². The predicted molar refractivity (Wildman–Crippen MR) is 82.1 cm³/mol. The molecular formula is C16H19ClO3. The molecule has 0 aromatic heterocycles. The Bertz CT molecular complexity index is 572. The summed E-state index contributed by atoms with van der Waals surface area (Å²) in [6.07, 6.45) is 6.88. The van der Waals surface area contributed by atoms with Crippen molar-refractivity contribution in [1.29, 1.82) is 0 Å². The van der Waals surface area contributed by atoms with Gasteiger partial charge >= 0.3 is 0 Å². The number of hydrogen-bond donors (Lipinski definition) is 1. The number of benzene rings is 1. The molecule has 20 heavy (non-hydrogen) atoms. The normalized spacial score (nSPS) is 11.9. The highest BCUT2D eigenvalue weighted by Gasteiger charge is 2.20. The van der Waals surface area contributed by atoms with Crippen molar-refractivity contribution in [1.82, 2.24) is 0 Å². The first-order valence-corrected chi connectivity index (χ1v) is 6.68. The molecule has 0 saturated carbocycles. The summed E-state index contributed by atoms with van der Waals surface area (Å²) in [5.74, 6) is 0.347. The highest BCUT2D eigenvalue weighted by molar-refractivity contribution is 6.33. The Balaban J connectivity index is 3.41. The molecule has 0 heterocycles. The van der Waals surface area contributed by atoms with Crippen LogP contribution in [0.3, 0.4) is 0 Å². The lowest BCUT2D eigenvalue weighted by Gasteiger charge is -2.15. The van der Waals surface area contributed by atoms with Gasteiger partial charge in [0.2, 0.25) is 0 Å². The summed E-state index contributed by atoms with van der Waals surface area (Å²) in [5, 5.41) is 10.6. The van der Waals surface area contributed by atoms with Crippen molar-refractivity contribution in [2.75, 3.05) is 7.11 Å². The molecule has 3 nitrogen and oxygen atoms in total. The van der Waals surface area contributed by atoms with Gasteiger partial charge in [0.15, 0.2) is 6.29 Å². The smallest absolute Gasteiger partial charge is 0.154 e. The van der Waals surface area contributed by atoms with Gasteiger partial charge in [0, 0.05) is 5.56 Å². The van der Waals surface area contributed by atoms with Gasteiger partial charge < -0.3 is 9.84 Å². The minimum absolute atomic E-state index is 0.0664. The average Bonchev–Trinajstić information content (AvgIpc) is 2.42. The second-order valence-electron chi connectivity index (χ2n) is 4.48. The third-order valence-corrected chi connectivity index (χ3v) is 3.58. The molecule has 0 bridgehead atoms. The molecule has 0 amide bonds. The number of rotatable bonds is 5. The number of aldehydes is 1. The van der Waals surface area contributed by atoms with Gasteiger partial charge in [0.1, 0.15) is 11.5 Å². The number of carbonyl (C=O) groups is 1. The monoisotopic (exact) mass is 294 g/mol. The van der Waals surface area contributed by atoms with E-state index < -0.39 is 0 Å². The van der Waals surface area contributed by atoms with Crippen molar-refractivity contribution in [3.63, 3.8) is 0 Å². The molecule has 108 valence electrons. The van der Waals surface area contributed by atoms with E-state index in [1.54, 1.807) is 6.92 Å². The summed E-state index contributed by atoms with van der Waals surface area (Å²) >= 11 is 6.20. The summed E-state index contributed by atoms with van der Waals surface area (Å²) in [4.78, 5) is 11.1. The number of carbonyl (C=O) groups excluding carboxylic acids is 1. The van der Waals surface area contributed by atoms with Crippen LogP contribution < -0.4 is 4.74 Å². The topological polar surface area (TPSA) is 46.5 Å². The fraction of sp³-hybridized carbons (Fsp3) is 0.312. The molecular weight excluding hydrogens is 276 g/mol. The van der Waals surface area contributed by atoms with Crippen LogP contribution in [0.25, 0.3) is 0 Å². The fourth-order valence-corrected chi connectivity index (χ4v) is 2.30. The van der Waals surface area contributed by atoms with Crippen LogP contribution >= 0.6 is 11.6 Å². The van der Waals surface area contributed by atoms with Crippen LogP contribution in [0.4, 0.5) is 0 Å². The maximum atomic E-state index is 11.1. The largest absolute Gasteiger partial charge is 0.507 e. The Kier molecular flexibility index (Phi) is 5.83. The number of ether oxygens (including phenoxy) is 1. The Labute approximate surface area is 124 Å². The van der Waals surface area contributed by atoms with E-state index in [-0.39, 0.29) is 11.3 Å². The molecule has 0 saturated heterocycles. The van der Waals surface area contributed by atoms with Crippen molar-refractivity contribution in [2.45, 2.75) is 27.2 Å². The highest BCUT2D eigenvalue weighted by Crippen LogP contribution is 2.41. The quantitative estimate of drug-likeness (QED) is 0.652. The summed E-state index contributed by atoms with van der Waals surface area (Å²) < 4.78 is 5.27. The SMILES string of the molecule is C/C=C/C(C)=C/Cc1c(O)c(C=O)c(C)c(Cl)c1OC. The Morgan fingerprint density at radius 1 is 1.45 bits per heavy atom. The third kappa shape index (κ3) is 3.23. The van der Waals surface area contributed by atoms with E-state index in [4.69, 9.17) is 16.3 Å². The number of allylic oxidation sites excluding steroid dienone is 4. The van der Waals surface area contributed by atoms with Gasteiger partial charge in [-0.1, -0.05) is 35.4 Å². The molecule has 1 aromatic carbocycles. The molecule has 1 rings (SSSR count). The lowest BCUT2D eigenvalue weighted by molar-refractivity contribution is 0.112. The van der Waals surface area contributed by atoms with Crippen LogP contribution in [0.5, 0.6) is 11.5 Å². The van der Waals surface area contributed by atoms with E-state index in [1.165, 1.54) is 7.11 Å². The zero-order valence-corrected chi connectivity index (χ0v) is 12.9. The minimum atomic E-state index is -0.0664. The number of phenols is 1. The lowest BCUT2D eigenvalue weighted by atomic mass is 9.99. The Hall–Kier alpha value is -1.74. The third-order valence-electron chi connectivity index (χ3n) is 3.13. The van der Waals surface area contributed by atoms with Crippen LogP contribution in [0.2, 0.25) is 5.02 Å². The molecule has 0 fully saturated rings. The molecule has 0 unspecified atom stereocenters. The van der Waals surface area contributed by atoms with Crippen molar-refractivity contribution < 1.29 is 14.6 Å². The minimum Gasteiger partial charge on any atom is -0.507 e. The number of hydrogen-bond acceptors (Lipinski definition) is 3. The highest BCUT2D eigenvalue weighted by atomic mass is 35.5. The molecule has 0 atom stereocenters. The summed E-state index contributed by atoms with van der Waals surface area (Å²) in [6, 6.07) is 0. The van der Waals surface area contributed by atoms with Crippen LogP contribution in [-0.4, -0.2) is 18.5 Å². The van der Waals surface area contributed by atoms with Crippen molar-refractivity contribution >= 4 is 17.9 Å². The van der Waals surface area contributed by atoms with E-state index in [0.29, 0.717) is 34.6 Å². The first kappa shape index (κ1) is 16.3. The summed E-state index contributed by atoms with van der Waals surface area (Å²) in [7, 11) is 1.49. The number of phenolic OH excluding ortho intramolecular Hbond substituents is 1. The lowest BCUT2D eigenvalue weighted by Crippen LogP contribution is -2.00. The van der Waals surface area contributed by atoms with E-state index in [2.05, 4.69) is 0 Å². The van der Waals surface area contributed by atoms with E-state index in [1.807, 2.05) is 32.1 Å². The van der Waals surface area contributed by atoms with Gasteiger partial charge in [-0.3, -0.25) is 4.79 Å². The van der Waals surface area contributed by atoms with Crippen molar-refractivity contribution in [3.8, 4) is 11.5 Å². The van der Waals surface area contributed by atoms with Crippen LogP contribution in [-0.2, 0) is 6.42 Å². The molecule has 0 radical (unpaired) electrons. The first-order valence-electron chi connectivity index (χ1n) is 6.30. The Morgan fingerprint density at radius 3 is 2.60 bits per heavy atom. The Morgan fingerprint density at radius 2 is 2.10 bits per heavy atom. The number of aromatic hydroxyl groups is 1. The van der Waals surface area contributed by atoms with E-state index in [0.717, 1.165) is 5.57 Å². The van der Waals surface area contributed by atoms with E-state index >= 15 is 0 Å². The molecule has 0 spiro atoms.